The maximum Gasteiger partial charge on any atom is 0.337 e. The van der Waals surface area contributed by atoms with E-state index in [1.54, 1.807) is 13.2 Å². The highest BCUT2D eigenvalue weighted by Crippen LogP contribution is 2.50. The van der Waals surface area contributed by atoms with Crippen molar-refractivity contribution in [1.82, 2.24) is 4.90 Å². The summed E-state index contributed by atoms with van der Waals surface area (Å²) in [4.78, 5) is 13.6. The second kappa shape index (κ2) is 9.67. The minimum absolute atomic E-state index is 0.319. The van der Waals surface area contributed by atoms with E-state index in [4.69, 9.17) is 21.1 Å². The van der Waals surface area contributed by atoms with Crippen LogP contribution in [0, 0.1) is 5.92 Å². The molecule has 160 valence electrons. The first kappa shape index (κ1) is 22.4. The summed E-state index contributed by atoms with van der Waals surface area (Å²) in [6.07, 6.45) is 4.90. The smallest absolute Gasteiger partial charge is 0.337 e. The molecule has 0 amide bonds. The Morgan fingerprint density at radius 1 is 1.20 bits per heavy atom. The Kier molecular flexibility index (Phi) is 7.22. The van der Waals surface area contributed by atoms with E-state index in [2.05, 4.69) is 37.2 Å². The van der Waals surface area contributed by atoms with Crippen LogP contribution in [0.2, 0.25) is 0 Å². The first-order valence-electron chi connectivity index (χ1n) is 10.2. The first-order chi connectivity index (χ1) is 14.4. The van der Waals surface area contributed by atoms with Crippen LogP contribution in [0.3, 0.4) is 0 Å². The number of halogens is 1. The van der Waals surface area contributed by atoms with E-state index in [1.807, 2.05) is 30.3 Å². The van der Waals surface area contributed by atoms with E-state index in [1.165, 1.54) is 12.7 Å². The van der Waals surface area contributed by atoms with Crippen LogP contribution in [0.15, 0.2) is 54.1 Å². The molecule has 2 atom stereocenters. The lowest BCUT2D eigenvalue weighted by atomic mass is 9.72. The molecule has 0 spiro atoms. The van der Waals surface area contributed by atoms with Gasteiger partial charge >= 0.3 is 5.97 Å². The lowest BCUT2D eigenvalue weighted by Crippen LogP contribution is -2.39. The number of ether oxygens (including phenoxy) is 2. The molecule has 2 aromatic carbocycles. The van der Waals surface area contributed by atoms with Crippen molar-refractivity contribution in [2.24, 2.45) is 5.92 Å². The maximum absolute atomic E-state index is 11.9. The van der Waals surface area contributed by atoms with Crippen LogP contribution >= 0.6 is 11.6 Å². The molecule has 2 unspecified atom stereocenters. The van der Waals surface area contributed by atoms with Crippen LogP contribution < -0.4 is 4.74 Å². The van der Waals surface area contributed by atoms with Crippen molar-refractivity contribution >= 4 is 23.6 Å². The Morgan fingerprint density at radius 2 is 1.97 bits per heavy atom. The molecule has 1 fully saturated rings. The van der Waals surface area contributed by atoms with Crippen LogP contribution in [0.5, 0.6) is 5.75 Å². The molecule has 30 heavy (non-hydrogen) atoms. The van der Waals surface area contributed by atoms with Gasteiger partial charge in [-0.3, -0.25) is 0 Å². The quantitative estimate of drug-likeness (QED) is 0.459. The topological polar surface area (TPSA) is 38.8 Å². The van der Waals surface area contributed by atoms with Crippen molar-refractivity contribution in [2.75, 3.05) is 34.9 Å². The zero-order chi connectivity index (χ0) is 21.7. The van der Waals surface area contributed by atoms with Crippen molar-refractivity contribution < 1.29 is 14.3 Å². The molecule has 5 heteroatoms. The summed E-state index contributed by atoms with van der Waals surface area (Å²) in [7, 11) is 7.26. The predicted molar refractivity (Wildman–Crippen MR) is 122 cm³/mol. The second-order valence-corrected chi connectivity index (χ2v) is 8.86. The van der Waals surface area contributed by atoms with E-state index in [9.17, 15) is 4.79 Å². The van der Waals surface area contributed by atoms with Crippen molar-refractivity contribution in [3.05, 3.63) is 70.8 Å². The van der Waals surface area contributed by atoms with Gasteiger partial charge in [-0.25, -0.2) is 4.79 Å². The van der Waals surface area contributed by atoms with Crippen LogP contribution in [-0.2, 0) is 9.61 Å². The molecule has 3 rings (SSSR count). The highest BCUT2D eigenvalue weighted by atomic mass is 35.5. The third-order valence-corrected chi connectivity index (χ3v) is 6.42. The van der Waals surface area contributed by atoms with E-state index in [-0.39, 0.29) is 5.97 Å². The normalized spacial score (nSPS) is 22.9. The van der Waals surface area contributed by atoms with E-state index < -0.39 is 4.87 Å². The Bertz CT molecular complexity index is 924. The molecule has 1 aliphatic rings. The van der Waals surface area contributed by atoms with E-state index in [0.29, 0.717) is 11.5 Å². The highest BCUT2D eigenvalue weighted by Gasteiger charge is 2.42. The van der Waals surface area contributed by atoms with Crippen LogP contribution in [-0.4, -0.2) is 45.7 Å². The molecular weight excluding hydrogens is 398 g/mol. The van der Waals surface area contributed by atoms with Gasteiger partial charge in [-0.15, -0.1) is 11.6 Å². The number of rotatable bonds is 6. The molecular formula is C25H30ClNO3. The number of esters is 1. The van der Waals surface area contributed by atoms with Gasteiger partial charge in [-0.1, -0.05) is 35.9 Å². The fourth-order valence-electron chi connectivity index (χ4n) is 4.28. The third kappa shape index (κ3) is 5.05. The molecule has 1 saturated carbocycles. The largest absolute Gasteiger partial charge is 0.497 e. The number of nitrogens with zero attached hydrogens (tertiary/aromatic N) is 1. The number of methoxy groups -OCH3 is 2. The molecule has 0 aliphatic heterocycles. The van der Waals surface area contributed by atoms with Gasteiger partial charge in [0.1, 0.15) is 5.75 Å². The Labute approximate surface area is 184 Å². The fraction of sp³-hybridized carbons (Fsp3) is 0.400. The SMILES string of the molecule is COC(=O)c1cccc(/C=C2/CCC(CN(C)C)C(Cl)(c3cccc(OC)c3)C2)c1. The summed E-state index contributed by atoms with van der Waals surface area (Å²) in [6, 6.07) is 15.6. The van der Waals surface area contributed by atoms with Crippen molar-refractivity contribution in [1.29, 1.82) is 0 Å². The van der Waals surface area contributed by atoms with Crippen LogP contribution in [0.4, 0.5) is 0 Å². The average molecular weight is 428 g/mol. The summed E-state index contributed by atoms with van der Waals surface area (Å²) in [6.45, 7) is 0.922. The molecule has 4 nitrogen and oxygen atoms in total. The molecule has 2 aromatic rings. The Morgan fingerprint density at radius 3 is 2.67 bits per heavy atom. The Balaban J connectivity index is 1.95. The summed E-state index contributed by atoms with van der Waals surface area (Å²) in [5.74, 6) is 0.811. The van der Waals surface area contributed by atoms with E-state index >= 15 is 0 Å². The molecule has 0 saturated heterocycles. The number of hydrogen-bond acceptors (Lipinski definition) is 4. The molecule has 0 radical (unpaired) electrons. The molecule has 0 aromatic heterocycles. The van der Waals surface area contributed by atoms with Crippen LogP contribution in [0.1, 0.15) is 40.7 Å². The molecule has 0 heterocycles. The number of carbonyl (C=O) groups excluding carboxylic acids is 1. The summed E-state index contributed by atoms with van der Waals surface area (Å²) in [5, 5.41) is 0. The lowest BCUT2D eigenvalue weighted by molar-refractivity contribution is 0.0600. The van der Waals surface area contributed by atoms with Crippen molar-refractivity contribution in [3.8, 4) is 5.75 Å². The molecule has 0 N–H and O–H groups in total. The third-order valence-electron chi connectivity index (χ3n) is 5.76. The minimum Gasteiger partial charge on any atom is -0.497 e. The van der Waals surface area contributed by atoms with Crippen molar-refractivity contribution in [2.45, 2.75) is 24.1 Å². The second-order valence-electron chi connectivity index (χ2n) is 8.19. The van der Waals surface area contributed by atoms with Gasteiger partial charge in [-0.05, 0) is 74.7 Å². The van der Waals surface area contributed by atoms with E-state index in [0.717, 1.165) is 42.7 Å². The van der Waals surface area contributed by atoms with Gasteiger partial charge in [0.05, 0.1) is 24.7 Å². The highest BCUT2D eigenvalue weighted by molar-refractivity contribution is 6.24. The van der Waals surface area contributed by atoms with Crippen molar-refractivity contribution in [3.63, 3.8) is 0 Å². The monoisotopic (exact) mass is 427 g/mol. The zero-order valence-corrected chi connectivity index (χ0v) is 18.9. The summed E-state index contributed by atoms with van der Waals surface area (Å²) >= 11 is 7.41. The van der Waals surface area contributed by atoms with Gasteiger partial charge in [-0.2, -0.15) is 0 Å². The number of allylic oxidation sites excluding steroid dienone is 1. The summed E-state index contributed by atoms with van der Waals surface area (Å²) < 4.78 is 10.3. The summed E-state index contributed by atoms with van der Waals surface area (Å²) in [5.41, 5.74) is 3.91. The lowest BCUT2D eigenvalue weighted by Gasteiger charge is -2.42. The number of benzene rings is 2. The Hall–Kier alpha value is -2.30. The minimum atomic E-state index is -0.511. The number of alkyl halides is 1. The number of carbonyl (C=O) groups is 1. The number of hydrogen-bond donors (Lipinski definition) is 0. The van der Waals surface area contributed by atoms with Gasteiger partial charge in [0.15, 0.2) is 0 Å². The van der Waals surface area contributed by atoms with Crippen LogP contribution in [0.25, 0.3) is 6.08 Å². The first-order valence-corrected chi connectivity index (χ1v) is 10.6. The van der Waals surface area contributed by atoms with Gasteiger partial charge in [0, 0.05) is 6.54 Å². The predicted octanol–water partition coefficient (Wildman–Crippen LogP) is 5.36. The molecule has 1 aliphatic carbocycles. The van der Waals surface area contributed by atoms with Gasteiger partial charge in [0.25, 0.3) is 0 Å². The fourth-order valence-corrected chi connectivity index (χ4v) is 4.75. The standard InChI is InChI=1S/C25H30ClNO3/c1-27(2)17-22-12-11-19(13-18-7-5-8-20(14-18)24(28)30-4)16-25(22,26)21-9-6-10-23(15-21)29-3/h5-10,13-15,22H,11-12,16-17H2,1-4H3/b19-13-. The zero-order valence-electron chi connectivity index (χ0n) is 18.2. The molecule has 0 bridgehead atoms. The van der Waals surface area contributed by atoms with Gasteiger partial charge in [0.2, 0.25) is 0 Å². The average Bonchev–Trinajstić information content (AvgIpc) is 2.75. The maximum atomic E-state index is 11.9. The van der Waals surface area contributed by atoms with Gasteiger partial charge < -0.3 is 14.4 Å².